The summed E-state index contributed by atoms with van der Waals surface area (Å²) in [6, 6.07) is 12.0. The van der Waals surface area contributed by atoms with Gasteiger partial charge in [0.25, 0.3) is 0 Å². The van der Waals surface area contributed by atoms with Gasteiger partial charge in [-0.1, -0.05) is 0 Å². The van der Waals surface area contributed by atoms with Crippen molar-refractivity contribution < 1.29 is 9.67 Å². The molecule has 0 saturated carbocycles. The third kappa shape index (κ3) is 2.90. The molecule has 3 heteroatoms. The molecule has 0 fully saturated rings. The van der Waals surface area contributed by atoms with Gasteiger partial charge in [0.15, 0.2) is 0 Å². The Morgan fingerprint density at radius 3 is 2.38 bits per heavy atom. The molecule has 0 aliphatic heterocycles. The van der Waals surface area contributed by atoms with Crippen LogP contribution in [0.1, 0.15) is 20.4 Å². The normalized spacial score (nSPS) is 11.6. The summed E-state index contributed by atoms with van der Waals surface area (Å²) in [6.07, 6.45) is 4.35. The molecule has 21 heavy (non-hydrogen) atoms. The van der Waals surface area contributed by atoms with Crippen molar-refractivity contribution in [1.82, 2.24) is 0 Å². The molecule has 3 aromatic rings. The fourth-order valence-corrected chi connectivity index (χ4v) is 5.55. The Morgan fingerprint density at radius 2 is 1.67 bits per heavy atom. The molecule has 0 aliphatic rings. The molecular weight excluding hydrogens is 374 g/mol. The van der Waals surface area contributed by atoms with Crippen molar-refractivity contribution in [3.05, 3.63) is 56.8 Å². The average molecular weight is 392 g/mol. The Labute approximate surface area is 134 Å². The number of phenolic OH excluding ortho intramolecular Hbond substituents is 1. The molecule has 1 heterocycles. The first-order chi connectivity index (χ1) is 10.0. The zero-order chi connectivity index (χ0) is 15.0. The summed E-state index contributed by atoms with van der Waals surface area (Å²) in [6.45, 7) is 4.36. The van der Waals surface area contributed by atoms with Crippen molar-refractivity contribution in [2.45, 2.75) is 13.8 Å². The Kier molecular flexibility index (Phi) is 3.89. The van der Waals surface area contributed by atoms with Crippen LogP contribution >= 0.6 is 0 Å². The van der Waals surface area contributed by atoms with Gasteiger partial charge in [-0.3, -0.25) is 0 Å². The van der Waals surface area contributed by atoms with Crippen molar-refractivity contribution in [3.63, 3.8) is 0 Å². The van der Waals surface area contributed by atoms with Crippen LogP contribution in [0.4, 0.5) is 0 Å². The van der Waals surface area contributed by atoms with Crippen molar-refractivity contribution in [3.8, 4) is 5.75 Å². The van der Waals surface area contributed by atoms with Crippen molar-refractivity contribution in [1.29, 1.82) is 0 Å². The van der Waals surface area contributed by atoms with Crippen LogP contribution in [0.5, 0.6) is 5.75 Å². The number of hydrogen-bond donors (Lipinski definition) is 1. The number of phenols is 1. The second-order valence-corrected chi connectivity index (χ2v) is 8.36. The van der Waals surface area contributed by atoms with Crippen LogP contribution in [-0.2, 0) is 7.05 Å². The zero-order valence-electron chi connectivity index (χ0n) is 12.4. The van der Waals surface area contributed by atoms with E-state index in [4.69, 9.17) is 0 Å². The quantitative estimate of drug-likeness (QED) is 0.526. The summed E-state index contributed by atoms with van der Waals surface area (Å²) >= 11 is -0.309. The van der Waals surface area contributed by atoms with E-state index < -0.39 is 0 Å². The summed E-state index contributed by atoms with van der Waals surface area (Å²) in [4.78, 5) is 0. The Hall–Kier alpha value is -1.56. The fourth-order valence-electron chi connectivity index (χ4n) is 2.32. The zero-order valence-corrected chi connectivity index (χ0v) is 14.8. The Bertz CT molecular complexity index is 829. The van der Waals surface area contributed by atoms with Crippen LogP contribution in [0, 0.1) is 13.8 Å². The van der Waals surface area contributed by atoms with Crippen molar-refractivity contribution >= 4 is 41.5 Å². The molecule has 0 radical (unpaired) electrons. The average Bonchev–Trinajstić information content (AvgIpc) is 2.75. The molecule has 0 aliphatic carbocycles. The number of aromatic nitrogens is 1. The van der Waals surface area contributed by atoms with Crippen LogP contribution in [0.25, 0.3) is 21.1 Å². The molecular formula is C18H18NOTe+. The van der Waals surface area contributed by atoms with E-state index in [0.717, 1.165) is 5.56 Å². The van der Waals surface area contributed by atoms with Crippen LogP contribution < -0.4 is 4.57 Å². The molecule has 0 unspecified atom stereocenters. The van der Waals surface area contributed by atoms with Crippen molar-refractivity contribution in [2.75, 3.05) is 0 Å². The van der Waals surface area contributed by atoms with Gasteiger partial charge < -0.3 is 0 Å². The Morgan fingerprint density at radius 1 is 1.00 bits per heavy atom. The SMILES string of the molecule is Cc1cc2[te]c(/C=C/c3ccc(O)cc3)[n+](C)c2cc1C. The number of hydrogen-bond acceptors (Lipinski definition) is 1. The molecule has 1 N–H and O–H groups in total. The summed E-state index contributed by atoms with van der Waals surface area (Å²) in [5.41, 5.74) is 5.23. The summed E-state index contributed by atoms with van der Waals surface area (Å²) in [7, 11) is 2.15. The summed E-state index contributed by atoms with van der Waals surface area (Å²) in [5.74, 6) is 0.310. The van der Waals surface area contributed by atoms with E-state index in [2.05, 4.69) is 49.7 Å². The van der Waals surface area contributed by atoms with E-state index in [1.165, 1.54) is 23.8 Å². The molecule has 2 aromatic carbocycles. The molecule has 0 spiro atoms. The third-order valence-corrected chi connectivity index (χ3v) is 7.12. The molecule has 0 amide bonds. The van der Waals surface area contributed by atoms with Gasteiger partial charge >= 0.3 is 135 Å². The van der Waals surface area contributed by atoms with Gasteiger partial charge in [0, 0.05) is 0 Å². The molecule has 0 atom stereocenters. The van der Waals surface area contributed by atoms with Gasteiger partial charge in [0.1, 0.15) is 0 Å². The van der Waals surface area contributed by atoms with Crippen LogP contribution in [0.15, 0.2) is 36.4 Å². The van der Waals surface area contributed by atoms with Crippen LogP contribution in [0.3, 0.4) is 0 Å². The van der Waals surface area contributed by atoms with Gasteiger partial charge in [-0.15, -0.1) is 0 Å². The van der Waals surface area contributed by atoms with Gasteiger partial charge in [0.05, 0.1) is 0 Å². The minimum absolute atomic E-state index is 0.309. The monoisotopic (exact) mass is 394 g/mol. The molecule has 2 nitrogen and oxygen atoms in total. The number of aryl methyl sites for hydroxylation is 3. The van der Waals surface area contributed by atoms with E-state index in [1.807, 2.05) is 12.1 Å². The molecule has 1 aromatic heterocycles. The van der Waals surface area contributed by atoms with E-state index in [-0.39, 0.29) is 20.4 Å². The van der Waals surface area contributed by atoms with Gasteiger partial charge in [-0.2, -0.15) is 0 Å². The summed E-state index contributed by atoms with van der Waals surface area (Å²) < 4.78 is 5.27. The molecule has 0 saturated heterocycles. The van der Waals surface area contributed by atoms with Crippen LogP contribution in [0.2, 0.25) is 0 Å². The maximum absolute atomic E-state index is 9.32. The third-order valence-electron chi connectivity index (χ3n) is 3.79. The van der Waals surface area contributed by atoms with Crippen molar-refractivity contribution in [2.24, 2.45) is 7.05 Å². The predicted octanol–water partition coefficient (Wildman–Crippen LogP) is 3.21. The second-order valence-electron chi connectivity index (χ2n) is 5.33. The first-order valence-corrected chi connectivity index (χ1v) is 9.24. The second kappa shape index (κ2) is 5.67. The first kappa shape index (κ1) is 14.4. The first-order valence-electron chi connectivity index (χ1n) is 6.91. The van der Waals surface area contributed by atoms with E-state index in [9.17, 15) is 5.11 Å². The molecule has 0 bridgehead atoms. The van der Waals surface area contributed by atoms with E-state index in [0.29, 0.717) is 5.75 Å². The number of nitrogens with zero attached hydrogens (tertiary/aromatic N) is 1. The van der Waals surface area contributed by atoms with Crippen LogP contribution in [-0.4, -0.2) is 25.5 Å². The van der Waals surface area contributed by atoms with Gasteiger partial charge in [-0.05, 0) is 0 Å². The number of rotatable bonds is 2. The molecule has 106 valence electrons. The number of aromatic hydroxyl groups is 1. The van der Waals surface area contributed by atoms with E-state index >= 15 is 0 Å². The topological polar surface area (TPSA) is 24.1 Å². The number of benzene rings is 2. The maximum atomic E-state index is 9.32. The standard InChI is InChI=1S/C18H17NOTe/c1-12-10-16-17(11-13(12)2)21-18(19(16)3)9-6-14-4-7-15(20)8-5-14/h4-11H,1-3H3/p+1. The van der Waals surface area contributed by atoms with Gasteiger partial charge in [0.2, 0.25) is 0 Å². The van der Waals surface area contributed by atoms with E-state index in [1.54, 1.807) is 12.1 Å². The van der Waals surface area contributed by atoms with Gasteiger partial charge in [-0.25, -0.2) is 0 Å². The minimum atomic E-state index is -0.309. The Balaban J connectivity index is 2.01. The summed E-state index contributed by atoms with van der Waals surface area (Å²) in [5, 5.41) is 9.32. The predicted molar refractivity (Wildman–Crippen MR) is 88.6 cm³/mol. The molecule has 3 rings (SSSR count). The fraction of sp³-hybridized carbons (Fsp3) is 0.167. The number of fused-ring (bicyclic) bond motifs is 1.